The van der Waals surface area contributed by atoms with E-state index in [2.05, 4.69) is 25.9 Å². The first kappa shape index (κ1) is 10.3. The zero-order chi connectivity index (χ0) is 12.0. The second-order valence-corrected chi connectivity index (χ2v) is 4.46. The summed E-state index contributed by atoms with van der Waals surface area (Å²) in [6.45, 7) is 0. The molecular formula is C11H8BrN3O2. The standard InChI is InChI=1S/C11H8BrN3O2/c1-17-10-3-7-8(2-6(10)12)15-5-13-4-9(15)11(16)14-7/h2-5H,1H3,(H,14,16). The van der Waals surface area contributed by atoms with Crippen molar-refractivity contribution in [1.82, 2.24) is 14.4 Å². The number of hydrogen-bond donors (Lipinski definition) is 1. The number of aromatic amines is 1. The summed E-state index contributed by atoms with van der Waals surface area (Å²) in [6.07, 6.45) is 3.15. The van der Waals surface area contributed by atoms with Gasteiger partial charge in [0.05, 0.1) is 35.1 Å². The van der Waals surface area contributed by atoms with Crippen LogP contribution >= 0.6 is 15.9 Å². The Morgan fingerprint density at radius 3 is 3.00 bits per heavy atom. The molecule has 0 atom stereocenters. The number of halogens is 1. The van der Waals surface area contributed by atoms with Crippen molar-refractivity contribution in [3.05, 3.63) is 39.5 Å². The van der Waals surface area contributed by atoms with Gasteiger partial charge in [0.15, 0.2) is 0 Å². The maximum atomic E-state index is 11.8. The minimum Gasteiger partial charge on any atom is -0.495 e. The summed E-state index contributed by atoms with van der Waals surface area (Å²) in [5.41, 5.74) is 1.93. The molecule has 86 valence electrons. The van der Waals surface area contributed by atoms with Gasteiger partial charge in [-0.2, -0.15) is 0 Å². The van der Waals surface area contributed by atoms with Crippen LogP contribution in [0.3, 0.4) is 0 Å². The van der Waals surface area contributed by atoms with Gasteiger partial charge in [-0.1, -0.05) is 0 Å². The average Bonchev–Trinajstić information content (AvgIpc) is 2.79. The summed E-state index contributed by atoms with van der Waals surface area (Å²) in [6, 6.07) is 3.67. The van der Waals surface area contributed by atoms with E-state index in [0.717, 1.165) is 9.99 Å². The lowest BCUT2D eigenvalue weighted by molar-refractivity contribution is 0.412. The molecule has 0 saturated carbocycles. The van der Waals surface area contributed by atoms with Crippen molar-refractivity contribution in [1.29, 1.82) is 0 Å². The largest absolute Gasteiger partial charge is 0.495 e. The molecule has 0 aliphatic heterocycles. The third-order valence-electron chi connectivity index (χ3n) is 2.65. The van der Waals surface area contributed by atoms with Crippen molar-refractivity contribution in [2.24, 2.45) is 0 Å². The molecule has 0 aliphatic rings. The molecule has 6 heteroatoms. The fraction of sp³-hybridized carbons (Fsp3) is 0.0909. The number of imidazole rings is 1. The molecule has 5 nitrogen and oxygen atoms in total. The van der Waals surface area contributed by atoms with Crippen molar-refractivity contribution >= 4 is 32.5 Å². The van der Waals surface area contributed by atoms with E-state index in [1.165, 1.54) is 6.20 Å². The molecule has 2 aromatic heterocycles. The summed E-state index contributed by atoms with van der Waals surface area (Å²) in [5, 5.41) is 0. The second kappa shape index (κ2) is 3.59. The molecule has 0 unspecified atom stereocenters. The smallest absolute Gasteiger partial charge is 0.274 e. The van der Waals surface area contributed by atoms with Gasteiger partial charge in [-0.15, -0.1) is 0 Å². The average molecular weight is 294 g/mol. The van der Waals surface area contributed by atoms with Crippen molar-refractivity contribution in [3.8, 4) is 5.75 Å². The molecule has 0 fully saturated rings. The number of fused-ring (bicyclic) bond motifs is 3. The van der Waals surface area contributed by atoms with Crippen LogP contribution in [0.1, 0.15) is 0 Å². The van der Waals surface area contributed by atoms with E-state index < -0.39 is 0 Å². The van der Waals surface area contributed by atoms with Crippen LogP contribution in [0.2, 0.25) is 0 Å². The predicted octanol–water partition coefficient (Wildman–Crippen LogP) is 1.95. The number of methoxy groups -OCH3 is 1. The molecular weight excluding hydrogens is 286 g/mol. The summed E-state index contributed by atoms with van der Waals surface area (Å²) in [4.78, 5) is 18.6. The van der Waals surface area contributed by atoms with E-state index in [4.69, 9.17) is 4.74 Å². The van der Waals surface area contributed by atoms with Crippen LogP contribution in [0.15, 0.2) is 33.9 Å². The van der Waals surface area contributed by atoms with Crippen LogP contribution in [0.25, 0.3) is 16.6 Å². The highest BCUT2D eigenvalue weighted by atomic mass is 79.9. The Bertz CT molecular complexity index is 775. The van der Waals surface area contributed by atoms with Gasteiger partial charge in [0.2, 0.25) is 0 Å². The number of nitrogens with zero attached hydrogens (tertiary/aromatic N) is 2. The summed E-state index contributed by atoms with van der Waals surface area (Å²) in [5.74, 6) is 0.674. The van der Waals surface area contributed by atoms with E-state index in [9.17, 15) is 4.79 Å². The highest BCUT2D eigenvalue weighted by Gasteiger charge is 2.08. The van der Waals surface area contributed by atoms with E-state index in [0.29, 0.717) is 16.8 Å². The third-order valence-corrected chi connectivity index (χ3v) is 3.27. The van der Waals surface area contributed by atoms with Gasteiger partial charge >= 0.3 is 0 Å². The Kier molecular flexibility index (Phi) is 2.19. The lowest BCUT2D eigenvalue weighted by Gasteiger charge is -2.07. The molecule has 0 amide bonds. The minimum atomic E-state index is -0.167. The topological polar surface area (TPSA) is 59.4 Å². The molecule has 2 heterocycles. The molecule has 1 aromatic carbocycles. The first-order valence-electron chi connectivity index (χ1n) is 4.92. The van der Waals surface area contributed by atoms with Crippen LogP contribution in [0, 0.1) is 0 Å². The van der Waals surface area contributed by atoms with Crippen molar-refractivity contribution in [2.45, 2.75) is 0 Å². The minimum absolute atomic E-state index is 0.167. The number of rotatable bonds is 1. The molecule has 3 rings (SSSR count). The predicted molar refractivity (Wildman–Crippen MR) is 67.6 cm³/mol. The van der Waals surface area contributed by atoms with Crippen molar-refractivity contribution < 1.29 is 4.74 Å². The molecule has 0 aliphatic carbocycles. The highest BCUT2D eigenvalue weighted by Crippen LogP contribution is 2.28. The van der Waals surface area contributed by atoms with Gasteiger partial charge in [-0.05, 0) is 22.0 Å². The Morgan fingerprint density at radius 2 is 2.24 bits per heavy atom. The lowest BCUT2D eigenvalue weighted by atomic mass is 10.3. The Balaban J connectivity index is 2.55. The normalized spacial score (nSPS) is 11.2. The number of aromatic nitrogens is 3. The Morgan fingerprint density at radius 1 is 1.41 bits per heavy atom. The van der Waals surface area contributed by atoms with Gasteiger partial charge in [0.25, 0.3) is 5.56 Å². The van der Waals surface area contributed by atoms with Crippen LogP contribution in [0.5, 0.6) is 5.75 Å². The molecule has 0 saturated heterocycles. The van der Waals surface area contributed by atoms with Crippen molar-refractivity contribution in [2.75, 3.05) is 7.11 Å². The SMILES string of the molecule is COc1cc2[nH]c(=O)c3cncn3c2cc1Br. The van der Waals surface area contributed by atoms with E-state index >= 15 is 0 Å². The van der Waals surface area contributed by atoms with Gasteiger partial charge in [0.1, 0.15) is 11.3 Å². The first-order valence-corrected chi connectivity index (χ1v) is 5.71. The van der Waals surface area contributed by atoms with Crippen LogP contribution in [-0.4, -0.2) is 21.5 Å². The van der Waals surface area contributed by atoms with Gasteiger partial charge in [-0.25, -0.2) is 4.98 Å². The molecule has 0 radical (unpaired) electrons. The Hall–Kier alpha value is -1.82. The zero-order valence-electron chi connectivity index (χ0n) is 8.90. The first-order chi connectivity index (χ1) is 8.20. The number of nitrogens with one attached hydrogen (secondary N) is 1. The second-order valence-electron chi connectivity index (χ2n) is 3.61. The maximum Gasteiger partial charge on any atom is 0.274 e. The van der Waals surface area contributed by atoms with E-state index in [-0.39, 0.29) is 5.56 Å². The van der Waals surface area contributed by atoms with E-state index in [1.807, 2.05) is 6.07 Å². The van der Waals surface area contributed by atoms with Crippen LogP contribution in [-0.2, 0) is 0 Å². The monoisotopic (exact) mass is 293 g/mol. The van der Waals surface area contributed by atoms with Crippen LogP contribution < -0.4 is 10.3 Å². The number of hydrogen-bond acceptors (Lipinski definition) is 3. The lowest BCUT2D eigenvalue weighted by Crippen LogP contribution is -2.09. The number of benzene rings is 1. The van der Waals surface area contributed by atoms with E-state index in [1.54, 1.807) is 23.9 Å². The summed E-state index contributed by atoms with van der Waals surface area (Å²) >= 11 is 3.42. The highest BCUT2D eigenvalue weighted by molar-refractivity contribution is 9.10. The fourth-order valence-corrected chi connectivity index (χ4v) is 2.33. The third kappa shape index (κ3) is 1.44. The van der Waals surface area contributed by atoms with Crippen molar-refractivity contribution in [3.63, 3.8) is 0 Å². The maximum absolute atomic E-state index is 11.8. The molecule has 3 aromatic rings. The Labute approximate surface area is 104 Å². The zero-order valence-corrected chi connectivity index (χ0v) is 10.5. The number of H-pyrrole nitrogens is 1. The molecule has 0 spiro atoms. The van der Waals surface area contributed by atoms with Crippen LogP contribution in [0.4, 0.5) is 0 Å². The summed E-state index contributed by atoms with van der Waals surface area (Å²) in [7, 11) is 1.58. The fourth-order valence-electron chi connectivity index (χ4n) is 1.84. The van der Waals surface area contributed by atoms with Gasteiger partial charge in [0, 0.05) is 6.07 Å². The van der Waals surface area contributed by atoms with Gasteiger partial charge < -0.3 is 9.72 Å². The summed E-state index contributed by atoms with van der Waals surface area (Å²) < 4.78 is 7.77. The quantitative estimate of drug-likeness (QED) is 0.746. The molecule has 17 heavy (non-hydrogen) atoms. The van der Waals surface area contributed by atoms with Gasteiger partial charge in [-0.3, -0.25) is 9.20 Å². The molecule has 1 N–H and O–H groups in total. The molecule has 0 bridgehead atoms. The number of ether oxygens (including phenoxy) is 1.